The second-order valence-electron chi connectivity index (χ2n) is 5.88. The highest BCUT2D eigenvalue weighted by atomic mass is 16.3. The van der Waals surface area contributed by atoms with Crippen LogP contribution < -0.4 is 0 Å². The van der Waals surface area contributed by atoms with E-state index in [9.17, 15) is 5.11 Å². The summed E-state index contributed by atoms with van der Waals surface area (Å²) in [6, 6.07) is 26.7. The van der Waals surface area contributed by atoms with Gasteiger partial charge >= 0.3 is 0 Å². The summed E-state index contributed by atoms with van der Waals surface area (Å²) in [5, 5.41) is 20.6. The summed E-state index contributed by atoms with van der Waals surface area (Å²) in [4.78, 5) is 7.78. The van der Waals surface area contributed by atoms with Crippen LogP contribution >= 0.6 is 0 Å². The number of nitriles is 1. The van der Waals surface area contributed by atoms with E-state index in [0.29, 0.717) is 22.5 Å². The van der Waals surface area contributed by atoms with Gasteiger partial charge in [0, 0.05) is 16.5 Å². The van der Waals surface area contributed by atoms with Gasteiger partial charge in [0.1, 0.15) is 0 Å². The van der Waals surface area contributed by atoms with Gasteiger partial charge in [0.15, 0.2) is 5.88 Å². The van der Waals surface area contributed by atoms with Crippen LogP contribution in [0.3, 0.4) is 0 Å². The Hall–Kier alpha value is -3.84. The first kappa shape index (κ1) is 15.7. The lowest BCUT2D eigenvalue weighted by molar-refractivity contribution is 0.457. The minimum absolute atomic E-state index is 0.0743. The summed E-state index contributed by atoms with van der Waals surface area (Å²) in [6.07, 6.45) is 0. The van der Waals surface area contributed by atoms with E-state index in [-0.39, 0.29) is 5.88 Å². The number of fused-ring (bicyclic) bond motifs is 1. The molecule has 3 aromatic carbocycles. The van der Waals surface area contributed by atoms with Crippen molar-refractivity contribution in [3.05, 3.63) is 95.6 Å². The third-order valence-electron chi connectivity index (χ3n) is 4.19. The standard InChI is InChI=1S/C22H15N3O/c23-14-15-7-6-10-17(13-15)24-21(16-8-2-1-3-9-16)20-18-11-4-5-12-19(18)25-22(20)26/h1-13,25-26H. The van der Waals surface area contributed by atoms with Gasteiger partial charge in [-0.05, 0) is 24.3 Å². The molecule has 0 saturated heterocycles. The Bertz CT molecular complexity index is 1150. The lowest BCUT2D eigenvalue weighted by Crippen LogP contribution is -2.02. The van der Waals surface area contributed by atoms with Crippen molar-refractivity contribution in [2.24, 2.45) is 4.99 Å². The summed E-state index contributed by atoms with van der Waals surface area (Å²) < 4.78 is 0. The monoisotopic (exact) mass is 337 g/mol. The zero-order valence-electron chi connectivity index (χ0n) is 13.8. The van der Waals surface area contributed by atoms with Crippen molar-refractivity contribution in [1.29, 1.82) is 5.26 Å². The molecule has 0 unspecified atom stereocenters. The molecule has 0 saturated carbocycles. The van der Waals surface area contributed by atoms with Crippen LogP contribution in [0.1, 0.15) is 16.7 Å². The summed E-state index contributed by atoms with van der Waals surface area (Å²) in [5.74, 6) is 0.0743. The fourth-order valence-corrected chi connectivity index (χ4v) is 3.00. The van der Waals surface area contributed by atoms with Gasteiger partial charge in [-0.15, -0.1) is 0 Å². The Morgan fingerprint density at radius 1 is 0.923 bits per heavy atom. The molecule has 1 aromatic heterocycles. The number of aromatic nitrogens is 1. The fourth-order valence-electron chi connectivity index (χ4n) is 3.00. The molecule has 26 heavy (non-hydrogen) atoms. The van der Waals surface area contributed by atoms with Crippen molar-refractivity contribution in [2.75, 3.05) is 0 Å². The van der Waals surface area contributed by atoms with E-state index in [1.165, 1.54) is 0 Å². The molecule has 0 aliphatic rings. The molecule has 1 heterocycles. The number of nitrogens with one attached hydrogen (secondary N) is 1. The highest BCUT2D eigenvalue weighted by Gasteiger charge is 2.18. The average molecular weight is 337 g/mol. The number of benzene rings is 3. The molecule has 0 atom stereocenters. The van der Waals surface area contributed by atoms with Gasteiger partial charge in [-0.2, -0.15) is 5.26 Å². The molecule has 0 spiro atoms. The number of nitrogens with zero attached hydrogens (tertiary/aromatic N) is 2. The van der Waals surface area contributed by atoms with E-state index in [1.54, 1.807) is 18.2 Å². The molecule has 0 fully saturated rings. The zero-order valence-corrected chi connectivity index (χ0v) is 13.8. The molecule has 2 N–H and O–H groups in total. The number of aromatic amines is 1. The molecular formula is C22H15N3O. The molecule has 4 rings (SSSR count). The Kier molecular flexibility index (Phi) is 3.97. The van der Waals surface area contributed by atoms with Gasteiger partial charge in [0.2, 0.25) is 0 Å². The van der Waals surface area contributed by atoms with Crippen molar-refractivity contribution < 1.29 is 5.11 Å². The van der Waals surface area contributed by atoms with Crippen LogP contribution in [0, 0.1) is 11.3 Å². The summed E-state index contributed by atoms with van der Waals surface area (Å²) in [6.45, 7) is 0. The van der Waals surface area contributed by atoms with Crippen LogP contribution in [-0.4, -0.2) is 15.8 Å². The smallest absolute Gasteiger partial charge is 0.199 e. The maximum atomic E-state index is 10.6. The van der Waals surface area contributed by atoms with Crippen molar-refractivity contribution >= 4 is 22.3 Å². The highest BCUT2D eigenvalue weighted by Crippen LogP contribution is 2.31. The third kappa shape index (κ3) is 2.83. The van der Waals surface area contributed by atoms with Crippen LogP contribution in [0.15, 0.2) is 83.9 Å². The van der Waals surface area contributed by atoms with Crippen LogP contribution in [0.25, 0.3) is 10.9 Å². The predicted molar refractivity (Wildman–Crippen MR) is 103 cm³/mol. The molecule has 0 bridgehead atoms. The number of hydrogen-bond acceptors (Lipinski definition) is 3. The molecule has 0 aliphatic heterocycles. The Morgan fingerprint density at radius 3 is 2.50 bits per heavy atom. The van der Waals surface area contributed by atoms with E-state index in [4.69, 9.17) is 10.3 Å². The molecular weight excluding hydrogens is 322 g/mol. The summed E-state index contributed by atoms with van der Waals surface area (Å²) in [5.41, 5.74) is 4.23. The number of rotatable bonds is 3. The Labute approximate surface area is 150 Å². The number of H-pyrrole nitrogens is 1. The van der Waals surface area contributed by atoms with Crippen LogP contribution in [0.2, 0.25) is 0 Å². The average Bonchev–Trinajstić information content (AvgIpc) is 3.02. The molecule has 4 aromatic rings. The van der Waals surface area contributed by atoms with Crippen LogP contribution in [0.4, 0.5) is 5.69 Å². The normalized spacial score (nSPS) is 11.4. The van der Waals surface area contributed by atoms with Gasteiger partial charge in [-0.3, -0.25) is 0 Å². The van der Waals surface area contributed by atoms with Crippen molar-refractivity contribution in [1.82, 2.24) is 4.98 Å². The zero-order chi connectivity index (χ0) is 17.9. The lowest BCUT2D eigenvalue weighted by Gasteiger charge is -2.08. The minimum atomic E-state index is 0.0743. The molecule has 4 heteroatoms. The van der Waals surface area contributed by atoms with Gasteiger partial charge in [0.05, 0.1) is 28.6 Å². The van der Waals surface area contributed by atoms with E-state index in [0.717, 1.165) is 16.5 Å². The highest BCUT2D eigenvalue weighted by molar-refractivity contribution is 6.21. The quantitative estimate of drug-likeness (QED) is 0.521. The number of aliphatic imine (C=N–C) groups is 1. The molecule has 124 valence electrons. The Balaban J connectivity index is 1.99. The second-order valence-corrected chi connectivity index (χ2v) is 5.88. The van der Waals surface area contributed by atoms with Crippen molar-refractivity contribution in [2.45, 2.75) is 0 Å². The summed E-state index contributed by atoms with van der Waals surface area (Å²) in [7, 11) is 0. The maximum absolute atomic E-state index is 10.6. The van der Waals surface area contributed by atoms with E-state index < -0.39 is 0 Å². The summed E-state index contributed by atoms with van der Waals surface area (Å²) >= 11 is 0. The van der Waals surface area contributed by atoms with E-state index >= 15 is 0 Å². The number of aromatic hydroxyl groups is 1. The molecule has 0 radical (unpaired) electrons. The van der Waals surface area contributed by atoms with Crippen molar-refractivity contribution in [3.63, 3.8) is 0 Å². The predicted octanol–water partition coefficient (Wildman–Crippen LogP) is 4.91. The largest absolute Gasteiger partial charge is 0.494 e. The van der Waals surface area contributed by atoms with Crippen LogP contribution in [-0.2, 0) is 0 Å². The minimum Gasteiger partial charge on any atom is -0.494 e. The van der Waals surface area contributed by atoms with Gasteiger partial charge in [-0.1, -0.05) is 54.6 Å². The van der Waals surface area contributed by atoms with Crippen molar-refractivity contribution in [3.8, 4) is 11.9 Å². The van der Waals surface area contributed by atoms with Gasteiger partial charge < -0.3 is 10.1 Å². The number of hydrogen-bond donors (Lipinski definition) is 2. The Morgan fingerprint density at radius 2 is 1.69 bits per heavy atom. The molecule has 0 aliphatic carbocycles. The molecule has 4 nitrogen and oxygen atoms in total. The van der Waals surface area contributed by atoms with E-state index in [1.807, 2.05) is 60.7 Å². The first-order valence-corrected chi connectivity index (χ1v) is 8.20. The second kappa shape index (κ2) is 6.58. The SMILES string of the molecule is N#Cc1cccc(N=C(c2ccccc2)c2c(O)[nH]c3ccccc23)c1. The topological polar surface area (TPSA) is 72.2 Å². The number of para-hydroxylation sites is 1. The fraction of sp³-hybridized carbons (Fsp3) is 0. The first-order valence-electron chi connectivity index (χ1n) is 8.20. The maximum Gasteiger partial charge on any atom is 0.199 e. The third-order valence-corrected chi connectivity index (χ3v) is 4.19. The first-order chi connectivity index (χ1) is 12.8. The van der Waals surface area contributed by atoms with Crippen LogP contribution in [0.5, 0.6) is 5.88 Å². The van der Waals surface area contributed by atoms with Gasteiger partial charge in [-0.25, -0.2) is 4.99 Å². The molecule has 0 amide bonds. The lowest BCUT2D eigenvalue weighted by atomic mass is 10.0. The van der Waals surface area contributed by atoms with Gasteiger partial charge in [0.25, 0.3) is 0 Å². The van der Waals surface area contributed by atoms with E-state index in [2.05, 4.69) is 11.1 Å².